The van der Waals surface area contributed by atoms with E-state index in [9.17, 15) is 4.79 Å². The summed E-state index contributed by atoms with van der Waals surface area (Å²) in [7, 11) is 0. The molecule has 1 heterocycles. The van der Waals surface area contributed by atoms with Gasteiger partial charge < -0.3 is 10.1 Å². The van der Waals surface area contributed by atoms with Crippen LogP contribution in [0.15, 0.2) is 0 Å². The Hall–Kier alpha value is -0.410. The zero-order valence-corrected chi connectivity index (χ0v) is 8.13. The van der Waals surface area contributed by atoms with Crippen molar-refractivity contribution in [1.29, 1.82) is 0 Å². The second-order valence-electron chi connectivity index (χ2n) is 4.27. The van der Waals surface area contributed by atoms with Gasteiger partial charge in [-0.25, -0.2) is 0 Å². The van der Waals surface area contributed by atoms with Crippen LogP contribution in [0.3, 0.4) is 0 Å². The number of carbonyl (C=O) groups is 1. The molecular formula is C9H18N2O. The summed E-state index contributed by atoms with van der Waals surface area (Å²) in [4.78, 5) is 13.0. The number of carbonyl (C=O) groups excluding carboxylic acids is 1. The summed E-state index contributed by atoms with van der Waals surface area (Å²) >= 11 is 0. The van der Waals surface area contributed by atoms with Crippen LogP contribution in [0.25, 0.3) is 0 Å². The maximum absolute atomic E-state index is 10.7. The third-order valence-corrected chi connectivity index (χ3v) is 2.30. The highest BCUT2D eigenvalue weighted by atomic mass is 16.1. The van der Waals surface area contributed by atoms with Gasteiger partial charge in [-0.1, -0.05) is 0 Å². The molecule has 1 atom stereocenters. The van der Waals surface area contributed by atoms with Crippen LogP contribution in [-0.4, -0.2) is 42.4 Å². The first-order valence-electron chi connectivity index (χ1n) is 4.48. The van der Waals surface area contributed by atoms with E-state index >= 15 is 0 Å². The van der Waals surface area contributed by atoms with Crippen LogP contribution in [0.2, 0.25) is 0 Å². The fraction of sp³-hybridized carbons (Fsp3) is 0.889. The highest BCUT2D eigenvalue weighted by molar-refractivity contribution is 5.58. The lowest BCUT2D eigenvalue weighted by Gasteiger charge is -2.42. The Labute approximate surface area is 74.1 Å². The average Bonchev–Trinajstić information content (AvgIpc) is 2.03. The number of hydrogen-bond donors (Lipinski definition) is 1. The first kappa shape index (κ1) is 9.68. The number of nitrogens with zero attached hydrogens (tertiary/aromatic N) is 1. The molecule has 12 heavy (non-hydrogen) atoms. The van der Waals surface area contributed by atoms with E-state index in [4.69, 9.17) is 0 Å². The Bertz CT molecular complexity index is 162. The van der Waals surface area contributed by atoms with E-state index in [2.05, 4.69) is 31.0 Å². The van der Waals surface area contributed by atoms with Gasteiger partial charge in [-0.2, -0.15) is 0 Å². The Morgan fingerprint density at radius 1 is 1.50 bits per heavy atom. The van der Waals surface area contributed by atoms with Crippen molar-refractivity contribution >= 4 is 6.29 Å². The van der Waals surface area contributed by atoms with E-state index < -0.39 is 0 Å². The molecule has 0 aromatic heterocycles. The number of aldehydes is 1. The summed E-state index contributed by atoms with van der Waals surface area (Å²) in [6.45, 7) is 9.19. The standard InChI is InChI=1S/C9H18N2O/c1-9(2,3)11-5-4-10-6-8(11)7-12/h7-8,10H,4-6H2,1-3H3. The normalized spacial score (nSPS) is 27.1. The second kappa shape index (κ2) is 3.54. The Morgan fingerprint density at radius 2 is 2.17 bits per heavy atom. The van der Waals surface area contributed by atoms with Gasteiger partial charge in [0.15, 0.2) is 0 Å². The molecule has 3 nitrogen and oxygen atoms in total. The monoisotopic (exact) mass is 170 g/mol. The maximum atomic E-state index is 10.7. The summed E-state index contributed by atoms with van der Waals surface area (Å²) < 4.78 is 0. The van der Waals surface area contributed by atoms with Gasteiger partial charge in [-0.3, -0.25) is 4.90 Å². The third-order valence-electron chi connectivity index (χ3n) is 2.30. The zero-order valence-electron chi connectivity index (χ0n) is 8.13. The lowest BCUT2D eigenvalue weighted by atomic mass is 10.0. The quantitative estimate of drug-likeness (QED) is 0.573. The van der Waals surface area contributed by atoms with Crippen LogP contribution < -0.4 is 5.32 Å². The van der Waals surface area contributed by atoms with Crippen molar-refractivity contribution in [3.05, 3.63) is 0 Å². The van der Waals surface area contributed by atoms with E-state index in [1.54, 1.807) is 0 Å². The molecule has 0 saturated carbocycles. The van der Waals surface area contributed by atoms with E-state index in [1.165, 1.54) is 0 Å². The van der Waals surface area contributed by atoms with Crippen molar-refractivity contribution in [2.75, 3.05) is 19.6 Å². The Balaban J connectivity index is 2.65. The highest BCUT2D eigenvalue weighted by Crippen LogP contribution is 2.16. The number of rotatable bonds is 1. The molecule has 0 amide bonds. The smallest absolute Gasteiger partial charge is 0.138 e. The molecule has 0 spiro atoms. The average molecular weight is 170 g/mol. The van der Waals surface area contributed by atoms with Crippen LogP contribution in [0.5, 0.6) is 0 Å². The second-order valence-corrected chi connectivity index (χ2v) is 4.27. The number of piperazine rings is 1. The molecule has 1 aliphatic rings. The third kappa shape index (κ3) is 2.05. The lowest BCUT2D eigenvalue weighted by molar-refractivity contribution is -0.115. The fourth-order valence-corrected chi connectivity index (χ4v) is 1.68. The molecule has 1 fully saturated rings. The molecule has 0 aromatic carbocycles. The van der Waals surface area contributed by atoms with Crippen molar-refractivity contribution in [1.82, 2.24) is 10.2 Å². The van der Waals surface area contributed by atoms with Crippen LogP contribution in [0.4, 0.5) is 0 Å². The van der Waals surface area contributed by atoms with E-state index in [0.717, 1.165) is 25.9 Å². The van der Waals surface area contributed by atoms with Crippen LogP contribution in [0, 0.1) is 0 Å². The van der Waals surface area contributed by atoms with Gasteiger partial charge >= 0.3 is 0 Å². The van der Waals surface area contributed by atoms with Gasteiger partial charge in [0.05, 0.1) is 6.04 Å². The molecule has 0 bridgehead atoms. The summed E-state index contributed by atoms with van der Waals surface area (Å²) in [6.07, 6.45) is 1.04. The molecule has 70 valence electrons. The van der Waals surface area contributed by atoms with Gasteiger partial charge in [0, 0.05) is 25.2 Å². The lowest BCUT2D eigenvalue weighted by Crippen LogP contribution is -2.58. The Morgan fingerprint density at radius 3 is 2.58 bits per heavy atom. The minimum Gasteiger partial charge on any atom is -0.313 e. The topological polar surface area (TPSA) is 32.3 Å². The maximum Gasteiger partial charge on any atom is 0.138 e. The van der Waals surface area contributed by atoms with Crippen molar-refractivity contribution in [2.45, 2.75) is 32.4 Å². The van der Waals surface area contributed by atoms with E-state index in [0.29, 0.717) is 0 Å². The van der Waals surface area contributed by atoms with Gasteiger partial charge in [-0.15, -0.1) is 0 Å². The van der Waals surface area contributed by atoms with E-state index in [1.807, 2.05) is 0 Å². The molecule has 1 saturated heterocycles. The van der Waals surface area contributed by atoms with Crippen LogP contribution >= 0.6 is 0 Å². The van der Waals surface area contributed by atoms with Gasteiger partial charge in [-0.05, 0) is 20.8 Å². The minimum absolute atomic E-state index is 0.0544. The summed E-state index contributed by atoms with van der Waals surface area (Å²) in [6, 6.07) is 0.0544. The summed E-state index contributed by atoms with van der Waals surface area (Å²) in [5.74, 6) is 0. The van der Waals surface area contributed by atoms with Gasteiger partial charge in [0.1, 0.15) is 6.29 Å². The highest BCUT2D eigenvalue weighted by Gasteiger charge is 2.30. The van der Waals surface area contributed by atoms with Crippen LogP contribution in [0.1, 0.15) is 20.8 Å². The Kier molecular flexibility index (Phi) is 2.85. The molecule has 3 heteroatoms. The summed E-state index contributed by atoms with van der Waals surface area (Å²) in [5, 5.41) is 3.21. The van der Waals surface area contributed by atoms with Crippen LogP contribution in [-0.2, 0) is 4.79 Å². The molecule has 1 N–H and O–H groups in total. The summed E-state index contributed by atoms with van der Waals surface area (Å²) in [5.41, 5.74) is 0.105. The number of nitrogens with one attached hydrogen (secondary N) is 1. The molecule has 0 radical (unpaired) electrons. The largest absolute Gasteiger partial charge is 0.313 e. The first-order chi connectivity index (χ1) is 5.55. The first-order valence-corrected chi connectivity index (χ1v) is 4.48. The molecule has 1 unspecified atom stereocenters. The molecule has 1 aliphatic heterocycles. The van der Waals surface area contributed by atoms with Crippen molar-refractivity contribution < 1.29 is 4.79 Å². The van der Waals surface area contributed by atoms with E-state index in [-0.39, 0.29) is 11.6 Å². The van der Waals surface area contributed by atoms with Crippen molar-refractivity contribution in [3.63, 3.8) is 0 Å². The van der Waals surface area contributed by atoms with Crippen molar-refractivity contribution in [3.8, 4) is 0 Å². The molecular weight excluding hydrogens is 152 g/mol. The van der Waals surface area contributed by atoms with Gasteiger partial charge in [0.2, 0.25) is 0 Å². The fourth-order valence-electron chi connectivity index (χ4n) is 1.68. The molecule has 1 rings (SSSR count). The zero-order chi connectivity index (χ0) is 9.19. The predicted octanol–water partition coefficient (Wildman–Crippen LogP) is 0.258. The van der Waals surface area contributed by atoms with Crippen molar-refractivity contribution in [2.24, 2.45) is 0 Å². The number of hydrogen-bond acceptors (Lipinski definition) is 3. The predicted molar refractivity (Wildman–Crippen MR) is 49.2 cm³/mol. The SMILES string of the molecule is CC(C)(C)N1CCNCC1C=O. The van der Waals surface area contributed by atoms with Gasteiger partial charge in [0.25, 0.3) is 0 Å². The molecule has 0 aromatic rings. The minimum atomic E-state index is 0.0544. The molecule has 0 aliphatic carbocycles.